The summed E-state index contributed by atoms with van der Waals surface area (Å²) in [5.74, 6) is 1.76. The molecule has 0 spiro atoms. The van der Waals surface area contributed by atoms with E-state index in [1.165, 1.54) is 0 Å². The van der Waals surface area contributed by atoms with Gasteiger partial charge in [-0.3, -0.25) is 9.78 Å². The highest BCUT2D eigenvalue weighted by Gasteiger charge is 2.33. The molecular weight excluding hydrogens is 420 g/mol. The largest absolute Gasteiger partial charge is 0.493 e. The quantitative estimate of drug-likeness (QED) is 0.529. The number of rotatable bonds is 5. The number of halogens is 1. The second kappa shape index (κ2) is 9.07. The van der Waals surface area contributed by atoms with Crippen LogP contribution < -0.4 is 25.4 Å². The van der Waals surface area contributed by atoms with Crippen molar-refractivity contribution in [1.29, 1.82) is 0 Å². The molecule has 164 valence electrons. The van der Waals surface area contributed by atoms with Crippen LogP contribution in [0.5, 0.6) is 11.5 Å². The van der Waals surface area contributed by atoms with Gasteiger partial charge in [0.05, 0.1) is 32.7 Å². The molecule has 0 aliphatic carbocycles. The minimum atomic E-state index is -0.143. The molecule has 0 saturated carbocycles. The fourth-order valence-electron chi connectivity index (χ4n) is 3.99. The van der Waals surface area contributed by atoms with E-state index in [4.69, 9.17) is 26.8 Å². The monoisotopic (exact) mass is 444 g/mol. The number of Topliss-reactive ketones (excluding diaryl/α,β-unsaturated/α-hetero) is 1. The summed E-state index contributed by atoms with van der Waals surface area (Å²) in [5, 5.41) is 3.41. The number of nitrogens with two attached hydrogens (primary N) is 1. The number of fused-ring (bicyclic) bond motifs is 1. The van der Waals surface area contributed by atoms with Crippen LogP contribution in [0.4, 0.5) is 11.8 Å². The molecular formula is C21H25ClN6O3. The number of nitrogens with one attached hydrogen (secondary N) is 1. The first kappa shape index (κ1) is 21.3. The van der Waals surface area contributed by atoms with Crippen LogP contribution in [0.2, 0.25) is 5.15 Å². The summed E-state index contributed by atoms with van der Waals surface area (Å²) < 4.78 is 10.7. The number of piperidine rings is 1. The number of allylic oxidation sites excluding steroid dienone is 1. The summed E-state index contributed by atoms with van der Waals surface area (Å²) in [6, 6.07) is 1.80. The summed E-state index contributed by atoms with van der Waals surface area (Å²) >= 11 is 6.34. The standard InChI is InChI=1S/C21H25ClN6O3/c1-30-15-8-14(25-9-16(15)31-2)11-28-10-13(7-12-3-5-24-6-4-12)18(29)17-19(22)26-21(23)27-20(17)28/h7-9,12,24H,3-6,10-11H2,1-2H3,(H2,23,26,27). The third-order valence-electron chi connectivity index (χ3n) is 5.54. The van der Waals surface area contributed by atoms with Crippen LogP contribution >= 0.6 is 11.6 Å². The van der Waals surface area contributed by atoms with Crippen molar-refractivity contribution in [2.24, 2.45) is 5.92 Å². The molecule has 4 rings (SSSR count). The molecule has 0 radical (unpaired) electrons. The van der Waals surface area contributed by atoms with E-state index in [1.807, 2.05) is 4.90 Å². The van der Waals surface area contributed by atoms with E-state index >= 15 is 0 Å². The molecule has 0 unspecified atom stereocenters. The molecule has 10 heteroatoms. The molecule has 0 aromatic carbocycles. The Hall–Kier alpha value is -2.91. The predicted molar refractivity (Wildman–Crippen MR) is 118 cm³/mol. The number of aromatic nitrogens is 3. The van der Waals surface area contributed by atoms with Crippen molar-refractivity contribution in [2.75, 3.05) is 44.5 Å². The number of nitrogen functional groups attached to an aromatic ring is 1. The maximum absolute atomic E-state index is 13.2. The Labute approximate surface area is 185 Å². The Morgan fingerprint density at radius 3 is 2.71 bits per heavy atom. The Balaban J connectivity index is 1.71. The van der Waals surface area contributed by atoms with Crippen molar-refractivity contribution < 1.29 is 14.3 Å². The van der Waals surface area contributed by atoms with Crippen molar-refractivity contribution in [3.05, 3.63) is 40.3 Å². The van der Waals surface area contributed by atoms with Crippen molar-refractivity contribution in [3.8, 4) is 11.5 Å². The highest BCUT2D eigenvalue weighted by Crippen LogP contribution is 2.35. The van der Waals surface area contributed by atoms with Gasteiger partial charge in [0.1, 0.15) is 16.5 Å². The predicted octanol–water partition coefficient (Wildman–Crippen LogP) is 2.25. The number of hydrogen-bond donors (Lipinski definition) is 2. The van der Waals surface area contributed by atoms with E-state index in [9.17, 15) is 4.79 Å². The van der Waals surface area contributed by atoms with E-state index in [2.05, 4.69) is 26.3 Å². The summed E-state index contributed by atoms with van der Waals surface area (Å²) in [6.07, 6.45) is 5.67. The van der Waals surface area contributed by atoms with Gasteiger partial charge in [-0.25, -0.2) is 4.98 Å². The van der Waals surface area contributed by atoms with Crippen LogP contribution in [0.25, 0.3) is 0 Å². The number of anilines is 2. The second-order valence-corrected chi connectivity index (χ2v) is 7.92. The van der Waals surface area contributed by atoms with Crippen LogP contribution in [-0.2, 0) is 6.54 Å². The van der Waals surface area contributed by atoms with Gasteiger partial charge in [0.2, 0.25) is 5.95 Å². The number of hydrogen-bond acceptors (Lipinski definition) is 9. The van der Waals surface area contributed by atoms with E-state index in [0.717, 1.165) is 31.6 Å². The highest BCUT2D eigenvalue weighted by molar-refractivity contribution is 6.35. The van der Waals surface area contributed by atoms with Gasteiger partial charge in [0.25, 0.3) is 0 Å². The number of methoxy groups -OCH3 is 2. The molecule has 2 aliphatic rings. The van der Waals surface area contributed by atoms with Gasteiger partial charge >= 0.3 is 0 Å². The lowest BCUT2D eigenvalue weighted by Crippen LogP contribution is -2.36. The molecule has 3 N–H and O–H groups in total. The number of ether oxygens (including phenoxy) is 2. The zero-order valence-electron chi connectivity index (χ0n) is 17.5. The number of ketones is 1. The average Bonchev–Trinajstić information content (AvgIpc) is 2.77. The molecule has 31 heavy (non-hydrogen) atoms. The van der Waals surface area contributed by atoms with Gasteiger partial charge in [-0.2, -0.15) is 4.98 Å². The molecule has 2 aromatic rings. The molecule has 0 amide bonds. The van der Waals surface area contributed by atoms with Crippen LogP contribution in [0.15, 0.2) is 23.9 Å². The number of pyridine rings is 1. The normalized spacial score (nSPS) is 18.2. The Kier molecular flexibility index (Phi) is 6.24. The summed E-state index contributed by atoms with van der Waals surface area (Å²) in [7, 11) is 3.13. The Bertz CT molecular complexity index is 1020. The van der Waals surface area contributed by atoms with Crippen LogP contribution in [0.1, 0.15) is 28.9 Å². The Morgan fingerprint density at radius 1 is 1.26 bits per heavy atom. The third-order valence-corrected chi connectivity index (χ3v) is 5.82. The maximum atomic E-state index is 13.2. The van der Waals surface area contributed by atoms with Gasteiger partial charge in [0, 0.05) is 18.2 Å². The summed E-state index contributed by atoms with van der Waals surface area (Å²) in [5.41, 5.74) is 7.53. The van der Waals surface area contributed by atoms with E-state index in [-0.39, 0.29) is 22.4 Å². The summed E-state index contributed by atoms with van der Waals surface area (Å²) in [6.45, 7) is 2.66. The minimum absolute atomic E-state index is 0.0209. The molecule has 0 bridgehead atoms. The van der Waals surface area contributed by atoms with Crippen LogP contribution in [-0.4, -0.2) is 54.6 Å². The fraction of sp³-hybridized carbons (Fsp3) is 0.429. The van der Waals surface area contributed by atoms with Crippen molar-refractivity contribution in [1.82, 2.24) is 20.3 Å². The average molecular weight is 445 g/mol. The van der Waals surface area contributed by atoms with Crippen LogP contribution in [0.3, 0.4) is 0 Å². The molecule has 1 saturated heterocycles. The molecule has 0 atom stereocenters. The van der Waals surface area contributed by atoms with Crippen molar-refractivity contribution in [3.63, 3.8) is 0 Å². The zero-order chi connectivity index (χ0) is 22.0. The SMILES string of the molecule is COc1cnc(CN2CC(=CC3CCNCC3)C(=O)c3c(Cl)nc(N)nc32)cc1OC. The molecule has 4 heterocycles. The van der Waals surface area contributed by atoms with Gasteiger partial charge in [-0.15, -0.1) is 0 Å². The van der Waals surface area contributed by atoms with Gasteiger partial charge in [-0.05, 0) is 31.8 Å². The molecule has 9 nitrogen and oxygen atoms in total. The fourth-order valence-corrected chi connectivity index (χ4v) is 4.25. The first-order valence-corrected chi connectivity index (χ1v) is 10.5. The highest BCUT2D eigenvalue weighted by atomic mass is 35.5. The molecule has 2 aliphatic heterocycles. The maximum Gasteiger partial charge on any atom is 0.223 e. The van der Waals surface area contributed by atoms with Gasteiger partial charge in [-0.1, -0.05) is 17.7 Å². The lowest BCUT2D eigenvalue weighted by atomic mass is 9.91. The number of carbonyl (C=O) groups excluding carboxylic acids is 1. The molecule has 2 aromatic heterocycles. The number of carbonyl (C=O) groups is 1. The summed E-state index contributed by atoms with van der Waals surface area (Å²) in [4.78, 5) is 28.0. The van der Waals surface area contributed by atoms with E-state index in [1.54, 1.807) is 26.5 Å². The van der Waals surface area contributed by atoms with Gasteiger partial charge < -0.3 is 25.4 Å². The van der Waals surface area contributed by atoms with E-state index in [0.29, 0.717) is 41.9 Å². The van der Waals surface area contributed by atoms with Crippen LogP contribution in [0, 0.1) is 5.92 Å². The smallest absolute Gasteiger partial charge is 0.223 e. The lowest BCUT2D eigenvalue weighted by molar-refractivity contribution is 0.102. The van der Waals surface area contributed by atoms with Gasteiger partial charge in [0.15, 0.2) is 17.3 Å². The second-order valence-electron chi connectivity index (χ2n) is 7.57. The zero-order valence-corrected chi connectivity index (χ0v) is 18.3. The first-order valence-electron chi connectivity index (χ1n) is 10.1. The van der Waals surface area contributed by atoms with Crippen molar-refractivity contribution in [2.45, 2.75) is 19.4 Å². The van der Waals surface area contributed by atoms with E-state index < -0.39 is 0 Å². The Morgan fingerprint density at radius 2 is 2.00 bits per heavy atom. The minimum Gasteiger partial charge on any atom is -0.493 e. The number of nitrogens with zero attached hydrogens (tertiary/aromatic N) is 4. The molecule has 1 fully saturated rings. The first-order chi connectivity index (χ1) is 15.0. The third kappa shape index (κ3) is 4.42. The topological polar surface area (TPSA) is 115 Å². The lowest BCUT2D eigenvalue weighted by Gasteiger charge is -2.32. The van der Waals surface area contributed by atoms with Crippen molar-refractivity contribution >= 4 is 29.2 Å².